The summed E-state index contributed by atoms with van der Waals surface area (Å²) >= 11 is 0. The number of hydrogen-bond donors (Lipinski definition) is 1. The molecule has 0 amide bonds. The maximum atomic E-state index is 12.6. The molecule has 0 saturated carbocycles. The Kier molecular flexibility index (Phi) is 6.07. The van der Waals surface area contributed by atoms with E-state index >= 15 is 0 Å². The highest BCUT2D eigenvalue weighted by Crippen LogP contribution is 2.32. The van der Waals surface area contributed by atoms with Gasteiger partial charge in [-0.1, -0.05) is 0 Å². The Morgan fingerprint density at radius 1 is 0.818 bits per heavy atom. The first kappa shape index (κ1) is 20.3. The van der Waals surface area contributed by atoms with E-state index in [1.807, 2.05) is 0 Å². The normalized spacial score (nSPS) is 12.5. The third-order valence-corrected chi connectivity index (χ3v) is 2.65. The Balaban J connectivity index is 5.92. The Morgan fingerprint density at radius 2 is 1.14 bits per heavy atom. The van der Waals surface area contributed by atoms with E-state index in [1.165, 1.54) is 13.8 Å². The number of carbonyl (C=O) groups excluding carboxylic acids is 3. The van der Waals surface area contributed by atoms with Gasteiger partial charge in [0.2, 0.25) is 5.41 Å². The van der Waals surface area contributed by atoms with E-state index in [-0.39, 0.29) is 5.71 Å². The molecule has 0 fully saturated rings. The lowest BCUT2D eigenvalue weighted by Crippen LogP contribution is -2.51. The maximum Gasteiger partial charge on any atom is 0.330 e. The van der Waals surface area contributed by atoms with Gasteiger partial charge in [-0.2, -0.15) is 0 Å². The molecule has 0 spiro atoms. The molecule has 0 bridgehead atoms. The topological polar surface area (TPSA) is 93.5 Å². The average molecular weight is 313 g/mol. The number of ketones is 1. The highest BCUT2D eigenvalue weighted by atomic mass is 16.6. The SMILES string of the molecule is CC(=N)C(CC(C)=O)(C(=O)OC(C)(C)C)C(=O)OC(C)(C)C. The van der Waals surface area contributed by atoms with E-state index in [0.29, 0.717) is 0 Å². The molecule has 0 aromatic rings. The van der Waals surface area contributed by atoms with Gasteiger partial charge in [0.1, 0.15) is 17.0 Å². The van der Waals surface area contributed by atoms with Gasteiger partial charge in [-0.25, -0.2) is 0 Å². The number of nitrogens with one attached hydrogen (secondary N) is 1. The summed E-state index contributed by atoms with van der Waals surface area (Å²) in [5.41, 5.74) is -4.01. The van der Waals surface area contributed by atoms with Gasteiger partial charge in [-0.15, -0.1) is 0 Å². The lowest BCUT2D eigenvalue weighted by molar-refractivity contribution is -0.180. The van der Waals surface area contributed by atoms with Crippen LogP contribution in [-0.2, 0) is 23.9 Å². The highest BCUT2D eigenvalue weighted by Gasteiger charge is 2.54. The second-order valence-corrected chi connectivity index (χ2v) is 7.41. The first-order valence-electron chi connectivity index (χ1n) is 7.14. The minimum Gasteiger partial charge on any atom is -0.459 e. The first-order chi connectivity index (χ1) is 9.62. The summed E-state index contributed by atoms with van der Waals surface area (Å²) < 4.78 is 10.5. The smallest absolute Gasteiger partial charge is 0.330 e. The first-order valence-corrected chi connectivity index (χ1v) is 7.14. The van der Waals surface area contributed by atoms with Crippen molar-refractivity contribution in [3.63, 3.8) is 0 Å². The summed E-state index contributed by atoms with van der Waals surface area (Å²) in [6.45, 7) is 12.5. The van der Waals surface area contributed by atoms with Crippen molar-refractivity contribution in [3.8, 4) is 0 Å². The Hall–Kier alpha value is -1.72. The van der Waals surface area contributed by atoms with Crippen molar-refractivity contribution >= 4 is 23.4 Å². The van der Waals surface area contributed by atoms with Gasteiger partial charge in [0.05, 0.1) is 0 Å². The van der Waals surface area contributed by atoms with E-state index in [1.54, 1.807) is 41.5 Å². The van der Waals surface area contributed by atoms with Crippen LogP contribution in [0.25, 0.3) is 0 Å². The largest absolute Gasteiger partial charge is 0.459 e. The fourth-order valence-electron chi connectivity index (χ4n) is 1.77. The molecule has 0 radical (unpaired) electrons. The second-order valence-electron chi connectivity index (χ2n) is 7.41. The Morgan fingerprint density at radius 3 is 1.32 bits per heavy atom. The molecule has 0 aliphatic rings. The maximum absolute atomic E-state index is 12.6. The number of ether oxygens (including phenoxy) is 2. The van der Waals surface area contributed by atoms with Crippen LogP contribution in [0.4, 0.5) is 0 Å². The lowest BCUT2D eigenvalue weighted by Gasteiger charge is -2.33. The van der Waals surface area contributed by atoms with Gasteiger partial charge in [0.15, 0.2) is 0 Å². The predicted octanol–water partition coefficient (Wildman–Crippen LogP) is 2.67. The van der Waals surface area contributed by atoms with Crippen molar-refractivity contribution in [1.29, 1.82) is 5.41 Å². The molecule has 0 aromatic carbocycles. The minimum absolute atomic E-state index is 0.272. The van der Waals surface area contributed by atoms with Gasteiger partial charge in [0, 0.05) is 12.1 Å². The van der Waals surface area contributed by atoms with Gasteiger partial charge in [-0.3, -0.25) is 14.4 Å². The third kappa shape index (κ3) is 5.58. The molecule has 0 aliphatic heterocycles. The molecule has 22 heavy (non-hydrogen) atoms. The fourth-order valence-corrected chi connectivity index (χ4v) is 1.77. The van der Waals surface area contributed by atoms with Gasteiger partial charge >= 0.3 is 11.9 Å². The van der Waals surface area contributed by atoms with Gasteiger partial charge in [0.25, 0.3) is 0 Å². The third-order valence-electron chi connectivity index (χ3n) is 2.65. The Bertz CT molecular complexity index is 452. The van der Waals surface area contributed by atoms with Crippen LogP contribution in [0.15, 0.2) is 0 Å². The number of carbonyl (C=O) groups is 3. The summed E-state index contributed by atoms with van der Waals surface area (Å²) in [6.07, 6.45) is -0.452. The van der Waals surface area contributed by atoms with Crippen LogP contribution in [0.1, 0.15) is 61.8 Å². The zero-order valence-electron chi connectivity index (χ0n) is 14.7. The molecule has 6 nitrogen and oxygen atoms in total. The summed E-state index contributed by atoms with van der Waals surface area (Å²) in [4.78, 5) is 36.7. The van der Waals surface area contributed by atoms with Crippen molar-refractivity contribution < 1.29 is 23.9 Å². The molecule has 0 aromatic heterocycles. The van der Waals surface area contributed by atoms with Crippen molar-refractivity contribution in [3.05, 3.63) is 0 Å². The number of esters is 2. The molecule has 0 atom stereocenters. The Labute approximate surface area is 132 Å². The van der Waals surface area contributed by atoms with E-state index in [0.717, 1.165) is 0 Å². The van der Waals surface area contributed by atoms with E-state index in [2.05, 4.69) is 0 Å². The van der Waals surface area contributed by atoms with E-state index in [4.69, 9.17) is 14.9 Å². The van der Waals surface area contributed by atoms with E-state index < -0.39 is 40.8 Å². The zero-order valence-corrected chi connectivity index (χ0v) is 14.7. The predicted molar refractivity (Wildman–Crippen MR) is 82.8 cm³/mol. The summed E-state index contributed by atoms with van der Waals surface area (Å²) in [5, 5.41) is 7.92. The van der Waals surface area contributed by atoms with Gasteiger partial charge in [-0.05, 0) is 55.4 Å². The molecular weight excluding hydrogens is 286 g/mol. The summed E-state index contributed by atoms with van der Waals surface area (Å²) in [6, 6.07) is 0. The van der Waals surface area contributed by atoms with Gasteiger partial charge < -0.3 is 14.9 Å². The summed E-state index contributed by atoms with van der Waals surface area (Å²) in [7, 11) is 0. The highest BCUT2D eigenvalue weighted by molar-refractivity contribution is 6.22. The molecule has 0 heterocycles. The zero-order chi connectivity index (χ0) is 17.9. The van der Waals surface area contributed by atoms with E-state index in [9.17, 15) is 14.4 Å². The average Bonchev–Trinajstić information content (AvgIpc) is 2.19. The van der Waals surface area contributed by atoms with Crippen LogP contribution in [-0.4, -0.2) is 34.6 Å². The van der Waals surface area contributed by atoms with Crippen molar-refractivity contribution in [2.45, 2.75) is 73.0 Å². The number of rotatable bonds is 5. The molecule has 0 aliphatic carbocycles. The van der Waals surface area contributed by atoms with Crippen LogP contribution >= 0.6 is 0 Å². The lowest BCUT2D eigenvalue weighted by atomic mass is 9.78. The molecule has 0 saturated heterocycles. The molecule has 6 heteroatoms. The second kappa shape index (κ2) is 6.58. The standard InChI is InChI=1S/C16H27NO5/c1-10(18)9-16(11(2)17,12(19)21-14(3,4)5)13(20)22-15(6,7)8/h17H,9H2,1-8H3. The molecule has 0 rings (SSSR count). The van der Waals surface area contributed by atoms with Crippen LogP contribution in [0.2, 0.25) is 0 Å². The molecule has 0 unspecified atom stereocenters. The fraction of sp³-hybridized carbons (Fsp3) is 0.750. The van der Waals surface area contributed by atoms with Crippen molar-refractivity contribution in [2.75, 3.05) is 0 Å². The van der Waals surface area contributed by atoms with Crippen molar-refractivity contribution in [2.24, 2.45) is 5.41 Å². The van der Waals surface area contributed by atoms with Crippen LogP contribution in [0.3, 0.4) is 0 Å². The number of hydrogen-bond acceptors (Lipinski definition) is 6. The monoisotopic (exact) mass is 313 g/mol. The molecular formula is C16H27NO5. The number of Topliss-reactive ketones (excluding diaryl/α,β-unsaturated/α-hetero) is 1. The summed E-state index contributed by atoms with van der Waals surface area (Å²) in [5.74, 6) is -2.27. The van der Waals surface area contributed by atoms with Crippen LogP contribution in [0.5, 0.6) is 0 Å². The van der Waals surface area contributed by atoms with Crippen LogP contribution in [0, 0.1) is 10.8 Å². The quantitative estimate of drug-likeness (QED) is 0.478. The van der Waals surface area contributed by atoms with Crippen molar-refractivity contribution in [1.82, 2.24) is 0 Å². The molecule has 126 valence electrons. The molecule has 1 N–H and O–H groups in total. The minimum atomic E-state index is -2.04. The van der Waals surface area contributed by atoms with Crippen LogP contribution < -0.4 is 0 Å².